The largest absolute Gasteiger partial charge is 0.316 e. The summed E-state index contributed by atoms with van der Waals surface area (Å²) in [5.41, 5.74) is 1.23. The van der Waals surface area contributed by atoms with Crippen LogP contribution in [0, 0.1) is 12.8 Å². The van der Waals surface area contributed by atoms with E-state index in [0.717, 1.165) is 10.9 Å². The minimum absolute atomic E-state index is 0.826. The zero-order chi connectivity index (χ0) is 10.5. The Bertz CT molecular complexity index is 291. The summed E-state index contributed by atoms with van der Waals surface area (Å²) in [5.74, 6) is 2.02. The van der Waals surface area contributed by atoms with Gasteiger partial charge in [0.15, 0.2) is 0 Å². The second kappa shape index (κ2) is 5.52. The molecule has 0 spiro atoms. The number of rotatable bonds is 3. The minimum Gasteiger partial charge on any atom is -0.316 e. The Balaban J connectivity index is 1.79. The number of pyridine rings is 1. The Morgan fingerprint density at radius 1 is 1.53 bits per heavy atom. The van der Waals surface area contributed by atoms with Crippen molar-refractivity contribution in [3.05, 3.63) is 23.9 Å². The van der Waals surface area contributed by atoms with E-state index in [9.17, 15) is 0 Å². The first-order valence-electron chi connectivity index (χ1n) is 5.61. The Hall–Kier alpha value is -0.540. The number of piperidine rings is 1. The minimum atomic E-state index is 0.826. The fourth-order valence-corrected chi connectivity index (χ4v) is 2.79. The van der Waals surface area contributed by atoms with E-state index in [0.29, 0.717) is 0 Å². The maximum absolute atomic E-state index is 4.41. The van der Waals surface area contributed by atoms with Gasteiger partial charge in [0, 0.05) is 11.9 Å². The predicted molar refractivity (Wildman–Crippen MR) is 65.3 cm³/mol. The van der Waals surface area contributed by atoms with Crippen molar-refractivity contribution in [3.63, 3.8) is 0 Å². The summed E-state index contributed by atoms with van der Waals surface area (Å²) in [6.07, 6.45) is 4.64. The fraction of sp³-hybridized carbons (Fsp3) is 0.583. The number of aromatic nitrogens is 1. The number of hydrogen-bond donors (Lipinski definition) is 1. The highest BCUT2D eigenvalue weighted by Gasteiger charge is 2.12. The van der Waals surface area contributed by atoms with Crippen molar-refractivity contribution in [1.82, 2.24) is 10.3 Å². The van der Waals surface area contributed by atoms with Crippen molar-refractivity contribution in [3.8, 4) is 0 Å². The Kier molecular flexibility index (Phi) is 4.03. The van der Waals surface area contributed by atoms with Gasteiger partial charge in [-0.1, -0.05) is 6.07 Å². The van der Waals surface area contributed by atoms with E-state index in [1.54, 1.807) is 0 Å². The van der Waals surface area contributed by atoms with Gasteiger partial charge in [0.1, 0.15) is 0 Å². The number of hydrogen-bond acceptors (Lipinski definition) is 3. The van der Waals surface area contributed by atoms with Gasteiger partial charge >= 0.3 is 0 Å². The zero-order valence-electron chi connectivity index (χ0n) is 9.20. The van der Waals surface area contributed by atoms with Crippen molar-refractivity contribution in [2.45, 2.75) is 24.8 Å². The summed E-state index contributed by atoms with van der Waals surface area (Å²) in [5, 5.41) is 4.60. The molecule has 2 nitrogen and oxygen atoms in total. The third-order valence-electron chi connectivity index (χ3n) is 2.75. The predicted octanol–water partition coefficient (Wildman–Crippen LogP) is 2.48. The van der Waals surface area contributed by atoms with E-state index in [4.69, 9.17) is 0 Å². The smallest absolute Gasteiger partial charge is 0.0960 e. The van der Waals surface area contributed by atoms with Crippen LogP contribution in [0.1, 0.15) is 18.4 Å². The lowest BCUT2D eigenvalue weighted by atomic mass is 10.0. The second-order valence-electron chi connectivity index (χ2n) is 4.20. The van der Waals surface area contributed by atoms with Crippen LogP contribution in [-0.2, 0) is 0 Å². The molecule has 2 rings (SSSR count). The van der Waals surface area contributed by atoms with Crippen LogP contribution in [-0.4, -0.2) is 23.8 Å². The number of aryl methyl sites for hydroxylation is 1. The monoisotopic (exact) mass is 222 g/mol. The van der Waals surface area contributed by atoms with Gasteiger partial charge in [0.2, 0.25) is 0 Å². The van der Waals surface area contributed by atoms with Crippen LogP contribution in [0.5, 0.6) is 0 Å². The maximum atomic E-state index is 4.41. The summed E-state index contributed by atoms with van der Waals surface area (Å²) < 4.78 is 0. The fourth-order valence-electron chi connectivity index (χ4n) is 1.81. The van der Waals surface area contributed by atoms with Crippen molar-refractivity contribution in [2.24, 2.45) is 5.92 Å². The lowest BCUT2D eigenvalue weighted by Crippen LogP contribution is -2.30. The van der Waals surface area contributed by atoms with Gasteiger partial charge in [0.25, 0.3) is 0 Å². The molecule has 0 aromatic carbocycles. The molecule has 1 N–H and O–H groups in total. The number of nitrogens with one attached hydrogen (secondary N) is 1. The van der Waals surface area contributed by atoms with Crippen molar-refractivity contribution >= 4 is 11.8 Å². The quantitative estimate of drug-likeness (QED) is 0.795. The molecule has 1 aliphatic rings. The molecule has 1 fully saturated rings. The van der Waals surface area contributed by atoms with E-state index in [1.807, 2.05) is 18.0 Å². The zero-order valence-corrected chi connectivity index (χ0v) is 10.0. The topological polar surface area (TPSA) is 24.9 Å². The Morgan fingerprint density at radius 2 is 2.47 bits per heavy atom. The van der Waals surface area contributed by atoms with Crippen LogP contribution in [0.2, 0.25) is 0 Å². The summed E-state index contributed by atoms with van der Waals surface area (Å²) in [4.78, 5) is 4.41. The molecule has 1 aromatic rings. The van der Waals surface area contributed by atoms with Gasteiger partial charge in [-0.3, -0.25) is 0 Å². The van der Waals surface area contributed by atoms with E-state index in [2.05, 4.69) is 29.4 Å². The Morgan fingerprint density at radius 3 is 3.13 bits per heavy atom. The van der Waals surface area contributed by atoms with E-state index in [1.165, 1.54) is 37.2 Å². The van der Waals surface area contributed by atoms with Gasteiger partial charge in [-0.05, 0) is 50.4 Å². The van der Waals surface area contributed by atoms with Crippen molar-refractivity contribution in [2.75, 3.05) is 18.8 Å². The van der Waals surface area contributed by atoms with Gasteiger partial charge < -0.3 is 5.32 Å². The van der Waals surface area contributed by atoms with E-state index < -0.39 is 0 Å². The molecule has 0 radical (unpaired) electrons. The molecule has 2 heterocycles. The molecular weight excluding hydrogens is 204 g/mol. The number of thioether (sulfide) groups is 1. The molecule has 0 saturated carbocycles. The SMILES string of the molecule is Cc1ccc(SC[C@H]2CCCNC2)nc1. The lowest BCUT2D eigenvalue weighted by molar-refractivity contribution is 0.410. The molecule has 1 aliphatic heterocycles. The molecule has 0 bridgehead atoms. The van der Waals surface area contributed by atoms with E-state index in [-0.39, 0.29) is 0 Å². The molecule has 0 unspecified atom stereocenters. The molecule has 1 atom stereocenters. The standard InChI is InChI=1S/C12H18N2S/c1-10-4-5-12(14-7-10)15-9-11-3-2-6-13-8-11/h4-5,7,11,13H,2-3,6,8-9H2,1H3/t11-/m0/s1. The van der Waals surface area contributed by atoms with Gasteiger partial charge in [-0.15, -0.1) is 11.8 Å². The third kappa shape index (κ3) is 3.50. The first-order chi connectivity index (χ1) is 7.34. The summed E-state index contributed by atoms with van der Waals surface area (Å²) in [6, 6.07) is 4.25. The van der Waals surface area contributed by atoms with Crippen LogP contribution in [0.15, 0.2) is 23.4 Å². The van der Waals surface area contributed by atoms with Gasteiger partial charge in [-0.2, -0.15) is 0 Å². The van der Waals surface area contributed by atoms with Crippen LogP contribution in [0.3, 0.4) is 0 Å². The summed E-state index contributed by atoms with van der Waals surface area (Å²) in [7, 11) is 0. The highest BCUT2D eigenvalue weighted by molar-refractivity contribution is 7.99. The van der Waals surface area contributed by atoms with Gasteiger partial charge in [-0.25, -0.2) is 4.98 Å². The molecular formula is C12H18N2S. The first kappa shape index (κ1) is 11.0. The normalized spacial score (nSPS) is 21.5. The average molecular weight is 222 g/mol. The van der Waals surface area contributed by atoms with Crippen molar-refractivity contribution < 1.29 is 0 Å². The van der Waals surface area contributed by atoms with Crippen LogP contribution in [0.4, 0.5) is 0 Å². The molecule has 82 valence electrons. The number of nitrogens with zero attached hydrogens (tertiary/aromatic N) is 1. The molecule has 1 aromatic heterocycles. The van der Waals surface area contributed by atoms with Crippen LogP contribution < -0.4 is 5.32 Å². The molecule has 0 aliphatic carbocycles. The highest BCUT2D eigenvalue weighted by Crippen LogP contribution is 2.22. The molecule has 1 saturated heterocycles. The van der Waals surface area contributed by atoms with Crippen LogP contribution >= 0.6 is 11.8 Å². The average Bonchev–Trinajstić information content (AvgIpc) is 2.30. The maximum Gasteiger partial charge on any atom is 0.0960 e. The summed E-state index contributed by atoms with van der Waals surface area (Å²) in [6.45, 7) is 4.45. The molecule has 3 heteroatoms. The van der Waals surface area contributed by atoms with E-state index >= 15 is 0 Å². The van der Waals surface area contributed by atoms with Crippen LogP contribution in [0.25, 0.3) is 0 Å². The van der Waals surface area contributed by atoms with Crippen molar-refractivity contribution in [1.29, 1.82) is 0 Å². The Labute approximate surface area is 95.9 Å². The summed E-state index contributed by atoms with van der Waals surface area (Å²) >= 11 is 1.88. The van der Waals surface area contributed by atoms with Gasteiger partial charge in [0.05, 0.1) is 5.03 Å². The molecule has 15 heavy (non-hydrogen) atoms. The third-order valence-corrected chi connectivity index (χ3v) is 3.93. The second-order valence-corrected chi connectivity index (χ2v) is 5.24. The molecule has 0 amide bonds. The first-order valence-corrected chi connectivity index (χ1v) is 6.59. The lowest BCUT2D eigenvalue weighted by Gasteiger charge is -2.21. The highest BCUT2D eigenvalue weighted by atomic mass is 32.2.